The lowest BCUT2D eigenvalue weighted by Crippen LogP contribution is -2.47. The maximum Gasteiger partial charge on any atom is 0.281 e. The third-order valence-corrected chi connectivity index (χ3v) is 9.28. The zero-order valence-electron chi connectivity index (χ0n) is 23.3. The Labute approximate surface area is 242 Å². The Balaban J connectivity index is 1.12. The summed E-state index contributed by atoms with van der Waals surface area (Å²) in [4.78, 5) is 22.4. The second-order valence-corrected chi connectivity index (χ2v) is 12.3. The molecule has 0 amide bonds. The van der Waals surface area contributed by atoms with E-state index in [9.17, 15) is 14.3 Å². The number of nitrogens with zero attached hydrogens (tertiary/aromatic N) is 6. The predicted octanol–water partition coefficient (Wildman–Crippen LogP) is 2.98. The second-order valence-electron chi connectivity index (χ2n) is 11.1. The van der Waals surface area contributed by atoms with E-state index in [4.69, 9.17) is 5.73 Å². The molecule has 0 bridgehead atoms. The van der Waals surface area contributed by atoms with Gasteiger partial charge in [0.15, 0.2) is 5.52 Å². The van der Waals surface area contributed by atoms with Crippen LogP contribution in [0.2, 0.25) is 0 Å². The number of aryl methyl sites for hydroxylation is 1. The molecule has 4 aromatic rings. The van der Waals surface area contributed by atoms with Crippen LogP contribution in [-0.2, 0) is 26.7 Å². The van der Waals surface area contributed by atoms with Crippen LogP contribution in [0.15, 0.2) is 53.6 Å². The number of benzene rings is 2. The minimum absolute atomic E-state index is 0.136. The van der Waals surface area contributed by atoms with E-state index in [0.29, 0.717) is 50.1 Å². The van der Waals surface area contributed by atoms with Crippen LogP contribution in [0.3, 0.4) is 0 Å². The number of piperidine rings is 1. The lowest BCUT2D eigenvalue weighted by molar-refractivity contribution is -0.0366. The molecule has 0 radical (unpaired) electrons. The number of aliphatic hydroxyl groups is 1. The molecule has 41 heavy (non-hydrogen) atoms. The third kappa shape index (κ3) is 5.76. The van der Waals surface area contributed by atoms with Crippen LogP contribution in [0.25, 0.3) is 22.3 Å². The fourth-order valence-corrected chi connectivity index (χ4v) is 6.76. The van der Waals surface area contributed by atoms with Gasteiger partial charge in [0.05, 0.1) is 24.2 Å². The summed E-state index contributed by atoms with van der Waals surface area (Å²) in [7, 11) is 1.80. The monoisotopic (exact) mass is 577 g/mol. The molecule has 2 aliphatic heterocycles. The van der Waals surface area contributed by atoms with Gasteiger partial charge in [-0.25, -0.2) is 9.37 Å². The number of nitrogens with two attached hydrogens (primary N) is 1. The smallest absolute Gasteiger partial charge is 0.281 e. The van der Waals surface area contributed by atoms with Gasteiger partial charge in [-0.3, -0.25) is 18.9 Å². The fraction of sp³-hybridized carbons (Fsp3) is 0.433. The van der Waals surface area contributed by atoms with E-state index in [0.717, 1.165) is 47.1 Å². The average molecular weight is 578 g/mol. The summed E-state index contributed by atoms with van der Waals surface area (Å²) in [6.07, 6.45) is 2.46. The van der Waals surface area contributed by atoms with Gasteiger partial charge >= 0.3 is 0 Å². The fourth-order valence-electron chi connectivity index (χ4n) is 5.86. The van der Waals surface area contributed by atoms with Crippen LogP contribution in [0.5, 0.6) is 0 Å². The lowest BCUT2D eigenvalue weighted by Gasteiger charge is -2.38. The van der Waals surface area contributed by atoms with Crippen LogP contribution in [0, 0.1) is 5.82 Å². The molecule has 6 rings (SSSR count). The Morgan fingerprint density at radius 2 is 1.78 bits per heavy atom. The average Bonchev–Trinajstić information content (AvgIpc) is 3.34. The third-order valence-electron chi connectivity index (χ3n) is 8.33. The van der Waals surface area contributed by atoms with E-state index >= 15 is 0 Å². The molecular weight excluding hydrogens is 541 g/mol. The van der Waals surface area contributed by atoms with Gasteiger partial charge in [0.25, 0.3) is 5.56 Å². The number of thioether (sulfide) groups is 1. The van der Waals surface area contributed by atoms with Gasteiger partial charge in [-0.1, -0.05) is 30.3 Å². The molecule has 2 aromatic carbocycles. The molecule has 3 N–H and O–H groups in total. The van der Waals surface area contributed by atoms with Crippen LogP contribution in [-0.4, -0.2) is 72.6 Å². The van der Waals surface area contributed by atoms with Crippen molar-refractivity contribution >= 4 is 28.5 Å². The number of rotatable bonds is 7. The van der Waals surface area contributed by atoms with Crippen molar-refractivity contribution in [3.63, 3.8) is 0 Å². The second kappa shape index (κ2) is 11.6. The molecule has 0 atom stereocenters. The number of aromatic nitrogens is 4. The van der Waals surface area contributed by atoms with Crippen LogP contribution in [0.1, 0.15) is 24.0 Å². The highest BCUT2D eigenvalue weighted by atomic mass is 32.2. The number of fused-ring (bicyclic) bond motifs is 1. The predicted molar refractivity (Wildman–Crippen MR) is 161 cm³/mol. The van der Waals surface area contributed by atoms with Crippen LogP contribution < -0.4 is 16.2 Å². The van der Waals surface area contributed by atoms with Crippen LogP contribution >= 0.6 is 11.8 Å². The van der Waals surface area contributed by atoms with Gasteiger partial charge in [0, 0.05) is 74.6 Å². The van der Waals surface area contributed by atoms with Crippen molar-refractivity contribution in [2.24, 2.45) is 12.8 Å². The first-order valence-corrected chi connectivity index (χ1v) is 15.3. The van der Waals surface area contributed by atoms with Gasteiger partial charge in [0.1, 0.15) is 11.3 Å². The Hall–Kier alpha value is -3.25. The highest BCUT2D eigenvalue weighted by Crippen LogP contribution is 2.29. The number of likely N-dealkylation sites (tertiary alicyclic amines) is 1. The van der Waals surface area contributed by atoms with Crippen molar-refractivity contribution in [3.05, 3.63) is 76.1 Å². The summed E-state index contributed by atoms with van der Waals surface area (Å²) in [5.41, 5.74) is 9.49. The molecule has 0 unspecified atom stereocenters. The summed E-state index contributed by atoms with van der Waals surface area (Å²) < 4.78 is 18.1. The van der Waals surface area contributed by atoms with E-state index in [1.54, 1.807) is 17.8 Å². The Morgan fingerprint density at radius 3 is 2.46 bits per heavy atom. The quantitative estimate of drug-likeness (QED) is 0.346. The molecule has 11 heteroatoms. The van der Waals surface area contributed by atoms with Crippen molar-refractivity contribution in [2.75, 3.05) is 42.6 Å². The normalized spacial score (nSPS) is 17.8. The lowest BCUT2D eigenvalue weighted by atomic mass is 9.91. The highest BCUT2D eigenvalue weighted by Gasteiger charge is 2.34. The first-order chi connectivity index (χ1) is 19.8. The Morgan fingerprint density at radius 1 is 1.05 bits per heavy atom. The molecule has 0 spiro atoms. The molecule has 0 aliphatic carbocycles. The Bertz CT molecular complexity index is 1590. The first kappa shape index (κ1) is 27.9. The molecule has 9 nitrogen and oxygen atoms in total. The van der Waals surface area contributed by atoms with Gasteiger partial charge < -0.3 is 15.7 Å². The minimum Gasteiger partial charge on any atom is -0.388 e. The summed E-state index contributed by atoms with van der Waals surface area (Å²) in [6, 6.07) is 13.4. The van der Waals surface area contributed by atoms with Crippen LogP contribution in [0.4, 0.5) is 10.1 Å². The molecule has 2 aromatic heterocycles. The maximum absolute atomic E-state index is 15.0. The topological polar surface area (TPSA) is 105 Å². The molecule has 2 fully saturated rings. The first-order valence-electron chi connectivity index (χ1n) is 14.1. The van der Waals surface area contributed by atoms with E-state index < -0.39 is 5.60 Å². The van der Waals surface area contributed by atoms with E-state index in [-0.39, 0.29) is 23.4 Å². The van der Waals surface area contributed by atoms with E-state index in [1.807, 2.05) is 48.2 Å². The van der Waals surface area contributed by atoms with E-state index in [1.165, 1.54) is 10.9 Å². The summed E-state index contributed by atoms with van der Waals surface area (Å²) in [5, 5.41) is 15.9. The SMILES string of the molecule is Cn1nc2c(=O)n(CC3(O)CCN(Cc4ccc(N5CCSCC5)cc4F)CC3)cnc2c1-c1ccc(CN)cc1. The number of anilines is 1. The standard InChI is InChI=1S/C30H36FN7O2S/c1-35-28(22-4-2-21(17-32)3-5-22)26-27(34-35)29(39)38(20-33-26)19-30(40)8-10-36(11-9-30)18-23-6-7-24(16-25(23)31)37-12-14-41-15-13-37/h2-7,16,20,40H,8-15,17-19,32H2,1H3. The van der Waals surface area contributed by atoms with Crippen molar-refractivity contribution < 1.29 is 9.50 Å². The number of halogens is 1. The van der Waals surface area contributed by atoms with Gasteiger partial charge in [0.2, 0.25) is 0 Å². The highest BCUT2D eigenvalue weighted by molar-refractivity contribution is 7.99. The number of hydrogen-bond donors (Lipinski definition) is 2. The van der Waals surface area contributed by atoms with Crippen molar-refractivity contribution in [1.29, 1.82) is 0 Å². The molecular formula is C30H36FN7O2S. The summed E-state index contributed by atoms with van der Waals surface area (Å²) in [5.74, 6) is 1.96. The molecule has 0 saturated carbocycles. The summed E-state index contributed by atoms with van der Waals surface area (Å²) in [6.45, 7) is 4.20. The molecule has 216 valence electrons. The van der Waals surface area contributed by atoms with Crippen molar-refractivity contribution in [3.8, 4) is 11.3 Å². The molecule has 2 saturated heterocycles. The minimum atomic E-state index is -1.06. The van der Waals surface area contributed by atoms with Gasteiger partial charge in [-0.15, -0.1) is 0 Å². The molecule has 4 heterocycles. The maximum atomic E-state index is 15.0. The van der Waals surface area contributed by atoms with Gasteiger partial charge in [-0.05, 0) is 30.5 Å². The Kier molecular flexibility index (Phi) is 7.86. The van der Waals surface area contributed by atoms with E-state index in [2.05, 4.69) is 19.9 Å². The zero-order chi connectivity index (χ0) is 28.6. The largest absolute Gasteiger partial charge is 0.388 e. The van der Waals surface area contributed by atoms with Gasteiger partial charge in [-0.2, -0.15) is 16.9 Å². The number of hydrogen-bond acceptors (Lipinski definition) is 8. The van der Waals surface area contributed by atoms with Crippen molar-refractivity contribution in [2.45, 2.75) is 38.1 Å². The van der Waals surface area contributed by atoms with Crippen molar-refractivity contribution in [1.82, 2.24) is 24.2 Å². The molecule has 2 aliphatic rings. The zero-order valence-corrected chi connectivity index (χ0v) is 24.1. The summed E-state index contributed by atoms with van der Waals surface area (Å²) >= 11 is 1.93.